The van der Waals surface area contributed by atoms with Gasteiger partial charge in [-0.3, -0.25) is 28.8 Å². The number of halogens is 1. The number of hydrogen-bond acceptors (Lipinski definition) is 6. The van der Waals surface area contributed by atoms with E-state index >= 15 is 0 Å². The van der Waals surface area contributed by atoms with Crippen molar-refractivity contribution in [2.45, 2.75) is 57.2 Å². The second-order valence-electron chi connectivity index (χ2n) is 13.3. The number of benzene rings is 3. The molecule has 1 saturated heterocycles. The van der Waals surface area contributed by atoms with Gasteiger partial charge in [-0.15, -0.1) is 0 Å². The second kappa shape index (κ2) is 17.8. The minimum atomic E-state index is -1.07. The Bertz CT molecular complexity index is 1820. The van der Waals surface area contributed by atoms with Crippen LogP contribution in [0.4, 0.5) is 0 Å². The molecule has 12 nitrogen and oxygen atoms in total. The summed E-state index contributed by atoms with van der Waals surface area (Å²) < 4.78 is 0.871. The Morgan fingerprint density at radius 2 is 1.56 bits per heavy atom. The quantitative estimate of drug-likeness (QED) is 0.266. The fourth-order valence-corrected chi connectivity index (χ4v) is 6.92. The fourth-order valence-electron chi connectivity index (χ4n) is 6.66. The number of carbonyl (C=O) groups is 6. The maximum Gasteiger partial charge on any atom is 0.246 e. The van der Waals surface area contributed by atoms with Crippen molar-refractivity contribution in [1.82, 2.24) is 26.2 Å². The Morgan fingerprint density at radius 1 is 0.846 bits per heavy atom. The summed E-state index contributed by atoms with van der Waals surface area (Å²) in [6.45, 7) is 0.554. The minimum absolute atomic E-state index is 0.0133. The fraction of sp³-hybridized carbons (Fsp3) is 0.333. The molecule has 0 saturated carbocycles. The molecule has 1 fully saturated rings. The average Bonchev–Trinajstić information content (AvgIpc) is 3.13. The van der Waals surface area contributed by atoms with Crippen LogP contribution in [0, 0.1) is 5.41 Å². The molecule has 3 aromatic rings. The highest BCUT2D eigenvalue weighted by molar-refractivity contribution is 9.10. The molecule has 0 spiro atoms. The highest BCUT2D eigenvalue weighted by Gasteiger charge is 2.44. The molecular weight excluding hydrogens is 728 g/mol. The summed E-state index contributed by atoms with van der Waals surface area (Å²) in [5.74, 6) is -2.99. The number of hydrogen-bond donors (Lipinski definition) is 5. The summed E-state index contributed by atoms with van der Waals surface area (Å²) in [5, 5.41) is 11.3. The van der Waals surface area contributed by atoms with Crippen molar-refractivity contribution >= 4 is 51.4 Å². The standard InChI is InChI=1S/C39H43BrN6O6/c40-30-13-11-26(12-14-30)21-32-37(51)43-24-29-10-5-4-9-28(29)22-34(48)44-31(36(41)50)17-19-42-33(47)15-16-35(49)46-20-6-18-39(25-46,38(52)45-32)23-27-7-2-1-3-8-27/h1-5,7-16,31-32H,6,17-25H2,(H2,41,50)(H,42,47)(H,43,51)(H,44,48)(H,45,52)/b16-15+/t31-,32-,39?/m1/s1. The van der Waals surface area contributed by atoms with Gasteiger partial charge in [-0.25, -0.2) is 0 Å². The van der Waals surface area contributed by atoms with Gasteiger partial charge in [0.25, 0.3) is 0 Å². The SMILES string of the molecule is NC(=O)[C@H]1CCNC(=O)/C=C/C(=O)N2CCCC(Cc3ccccc3)(C2)C(=O)N[C@H](Cc2ccc(Br)cc2)C(=O)NCc2ccccc2CC(=O)N1. The van der Waals surface area contributed by atoms with E-state index in [1.54, 1.807) is 29.2 Å². The van der Waals surface area contributed by atoms with Gasteiger partial charge < -0.3 is 31.9 Å². The van der Waals surface area contributed by atoms with Crippen LogP contribution in [-0.4, -0.2) is 72.1 Å². The van der Waals surface area contributed by atoms with Gasteiger partial charge in [0.15, 0.2) is 0 Å². The molecule has 0 radical (unpaired) electrons. The molecule has 2 heterocycles. The van der Waals surface area contributed by atoms with E-state index < -0.39 is 47.0 Å². The summed E-state index contributed by atoms with van der Waals surface area (Å²) >= 11 is 3.45. The Morgan fingerprint density at radius 3 is 2.29 bits per heavy atom. The molecule has 0 aliphatic carbocycles. The first-order valence-electron chi connectivity index (χ1n) is 17.3. The number of carbonyl (C=O) groups excluding carboxylic acids is 6. The third-order valence-corrected chi connectivity index (χ3v) is 9.97. The van der Waals surface area contributed by atoms with Crippen LogP contribution in [0.5, 0.6) is 0 Å². The summed E-state index contributed by atoms with van der Waals surface area (Å²) in [5.41, 5.74) is 7.53. The zero-order valence-corrected chi connectivity index (χ0v) is 30.3. The van der Waals surface area contributed by atoms with Crippen molar-refractivity contribution < 1.29 is 28.8 Å². The van der Waals surface area contributed by atoms with Crippen LogP contribution in [0.25, 0.3) is 0 Å². The summed E-state index contributed by atoms with van der Waals surface area (Å²) in [6, 6.07) is 22.1. The van der Waals surface area contributed by atoms with Crippen LogP contribution in [0.15, 0.2) is 95.5 Å². The molecule has 272 valence electrons. The van der Waals surface area contributed by atoms with Crippen LogP contribution in [0.1, 0.15) is 41.5 Å². The number of nitrogens with zero attached hydrogens (tertiary/aromatic N) is 1. The molecule has 3 aromatic carbocycles. The zero-order valence-electron chi connectivity index (χ0n) is 28.7. The van der Waals surface area contributed by atoms with Gasteiger partial charge in [-0.2, -0.15) is 0 Å². The lowest BCUT2D eigenvalue weighted by molar-refractivity contribution is -0.141. The van der Waals surface area contributed by atoms with Gasteiger partial charge in [-0.1, -0.05) is 82.7 Å². The smallest absolute Gasteiger partial charge is 0.246 e. The topological polar surface area (TPSA) is 180 Å². The van der Waals surface area contributed by atoms with Gasteiger partial charge in [0.2, 0.25) is 35.4 Å². The van der Waals surface area contributed by atoms with E-state index in [0.29, 0.717) is 36.9 Å². The number of piperidine rings is 1. The first-order chi connectivity index (χ1) is 25.0. The second-order valence-corrected chi connectivity index (χ2v) is 14.2. The number of nitrogens with one attached hydrogen (secondary N) is 4. The van der Waals surface area contributed by atoms with Gasteiger partial charge in [0.1, 0.15) is 12.1 Å². The van der Waals surface area contributed by atoms with Gasteiger partial charge in [-0.05, 0) is 60.1 Å². The largest absolute Gasteiger partial charge is 0.368 e. The first-order valence-corrected chi connectivity index (χ1v) is 18.1. The molecule has 1 unspecified atom stereocenters. The molecule has 52 heavy (non-hydrogen) atoms. The van der Waals surface area contributed by atoms with Gasteiger partial charge in [0, 0.05) is 49.2 Å². The number of primary amides is 1. The van der Waals surface area contributed by atoms with Crippen LogP contribution >= 0.6 is 15.9 Å². The summed E-state index contributed by atoms with van der Waals surface area (Å²) in [4.78, 5) is 81.4. The Labute approximate surface area is 311 Å². The van der Waals surface area contributed by atoms with Crippen LogP contribution in [-0.2, 0) is 54.6 Å². The van der Waals surface area contributed by atoms with Crippen molar-refractivity contribution in [3.8, 4) is 0 Å². The normalized spacial score (nSPS) is 23.0. The van der Waals surface area contributed by atoms with E-state index in [2.05, 4.69) is 37.2 Å². The first kappa shape index (κ1) is 37.9. The number of fused-ring (bicyclic) bond motifs is 3. The van der Waals surface area contributed by atoms with E-state index in [9.17, 15) is 28.8 Å². The van der Waals surface area contributed by atoms with E-state index in [1.165, 1.54) is 0 Å². The third-order valence-electron chi connectivity index (χ3n) is 9.44. The van der Waals surface area contributed by atoms with Crippen LogP contribution in [0.2, 0.25) is 0 Å². The number of nitrogens with two attached hydrogens (primary N) is 1. The number of rotatable bonds is 5. The van der Waals surface area contributed by atoms with E-state index in [1.807, 2.05) is 54.6 Å². The maximum absolute atomic E-state index is 14.6. The molecule has 6 N–H and O–H groups in total. The molecule has 0 aromatic heterocycles. The van der Waals surface area contributed by atoms with Gasteiger partial charge in [0.05, 0.1) is 11.8 Å². The summed E-state index contributed by atoms with van der Waals surface area (Å²) in [7, 11) is 0. The summed E-state index contributed by atoms with van der Waals surface area (Å²) in [6.07, 6.45) is 3.75. The van der Waals surface area contributed by atoms with Crippen molar-refractivity contribution in [2.24, 2.45) is 11.1 Å². The third kappa shape index (κ3) is 10.4. The molecule has 2 aliphatic heterocycles. The monoisotopic (exact) mass is 770 g/mol. The van der Waals surface area contributed by atoms with E-state index in [0.717, 1.165) is 27.8 Å². The zero-order chi connectivity index (χ0) is 37.1. The van der Waals surface area contributed by atoms with Crippen LogP contribution in [0.3, 0.4) is 0 Å². The molecular formula is C39H43BrN6O6. The van der Waals surface area contributed by atoms with Crippen molar-refractivity contribution in [1.29, 1.82) is 0 Å². The lowest BCUT2D eigenvalue weighted by Crippen LogP contribution is -2.58. The van der Waals surface area contributed by atoms with E-state index in [4.69, 9.17) is 5.73 Å². The molecule has 13 heteroatoms. The lowest BCUT2D eigenvalue weighted by atomic mass is 9.74. The Hall–Kier alpha value is -5.30. The van der Waals surface area contributed by atoms with E-state index in [-0.39, 0.29) is 44.8 Å². The average molecular weight is 772 g/mol. The predicted octanol–water partition coefficient (Wildman–Crippen LogP) is 2.23. The molecule has 2 bridgehead atoms. The minimum Gasteiger partial charge on any atom is -0.368 e. The van der Waals surface area contributed by atoms with Gasteiger partial charge >= 0.3 is 0 Å². The van der Waals surface area contributed by atoms with Crippen LogP contribution < -0.4 is 27.0 Å². The molecule has 6 amide bonds. The highest BCUT2D eigenvalue weighted by atomic mass is 79.9. The molecule has 5 rings (SSSR count). The highest BCUT2D eigenvalue weighted by Crippen LogP contribution is 2.35. The Balaban J connectivity index is 1.49. The maximum atomic E-state index is 14.6. The van der Waals surface area contributed by atoms with Crippen molar-refractivity contribution in [2.75, 3.05) is 19.6 Å². The lowest BCUT2D eigenvalue weighted by Gasteiger charge is -2.42. The van der Waals surface area contributed by atoms with Crippen molar-refractivity contribution in [3.05, 3.63) is 118 Å². The van der Waals surface area contributed by atoms with Crippen molar-refractivity contribution in [3.63, 3.8) is 0 Å². The predicted molar refractivity (Wildman–Crippen MR) is 198 cm³/mol. The molecule has 3 atom stereocenters. The number of amides is 6. The molecule has 2 aliphatic rings. The Kier molecular flexibility index (Phi) is 13.0.